The van der Waals surface area contributed by atoms with E-state index in [0.717, 1.165) is 11.1 Å². The first kappa shape index (κ1) is 16.4. The molecule has 0 amide bonds. The molecule has 6 nitrogen and oxygen atoms in total. The van der Waals surface area contributed by atoms with Crippen LogP contribution in [-0.2, 0) is 0 Å². The van der Waals surface area contributed by atoms with Gasteiger partial charge >= 0.3 is 0 Å². The molecule has 0 radical (unpaired) electrons. The van der Waals surface area contributed by atoms with E-state index >= 15 is 0 Å². The Morgan fingerprint density at radius 2 is 1.72 bits per heavy atom. The summed E-state index contributed by atoms with van der Waals surface area (Å²) < 4.78 is 21.2. The predicted octanol–water partition coefficient (Wildman–Crippen LogP) is 3.43. The van der Waals surface area contributed by atoms with Crippen molar-refractivity contribution in [1.82, 2.24) is 10.1 Å². The zero-order valence-corrected chi connectivity index (χ0v) is 13.9. The molecule has 0 saturated heterocycles. The molecule has 3 aromatic rings. The van der Waals surface area contributed by atoms with Gasteiger partial charge < -0.3 is 18.7 Å². The second kappa shape index (κ2) is 7.41. The largest absolute Gasteiger partial charge is 0.493 e. The number of benzene rings is 2. The normalized spacial score (nSPS) is 10.1. The second-order valence-corrected chi connectivity index (χ2v) is 5.01. The number of ether oxygens (including phenoxy) is 3. The molecule has 2 aromatic carbocycles. The summed E-state index contributed by atoms with van der Waals surface area (Å²) in [5.74, 6) is 5.21. The van der Waals surface area contributed by atoms with Gasteiger partial charge in [-0.15, -0.1) is 6.42 Å². The van der Waals surface area contributed by atoms with Gasteiger partial charge in [-0.05, 0) is 42.5 Å². The molecule has 25 heavy (non-hydrogen) atoms. The van der Waals surface area contributed by atoms with E-state index in [1.54, 1.807) is 38.5 Å². The highest BCUT2D eigenvalue weighted by Gasteiger charge is 2.13. The van der Waals surface area contributed by atoms with Crippen molar-refractivity contribution in [3.8, 4) is 52.4 Å². The van der Waals surface area contributed by atoms with Crippen LogP contribution >= 0.6 is 0 Å². The number of nitrogens with zero attached hydrogens (tertiary/aromatic N) is 2. The average molecular weight is 336 g/mol. The predicted molar refractivity (Wildman–Crippen MR) is 92.6 cm³/mol. The van der Waals surface area contributed by atoms with Crippen LogP contribution in [0.5, 0.6) is 17.2 Å². The number of rotatable bonds is 6. The van der Waals surface area contributed by atoms with Crippen molar-refractivity contribution in [2.45, 2.75) is 0 Å². The van der Waals surface area contributed by atoms with Gasteiger partial charge in [0.1, 0.15) is 12.4 Å². The van der Waals surface area contributed by atoms with Crippen LogP contribution in [0.2, 0.25) is 0 Å². The Bertz CT molecular complexity index is 895. The standard InChI is InChI=1S/C19H16N2O4/c1-4-11-24-15-8-5-13(6-9-15)19-20-18(21-25-19)14-7-10-16(22-2)17(12-14)23-3/h1,5-10,12H,11H2,2-3H3. The topological polar surface area (TPSA) is 66.6 Å². The Morgan fingerprint density at radius 1 is 1.00 bits per heavy atom. The van der Waals surface area contributed by atoms with Gasteiger partial charge in [-0.25, -0.2) is 0 Å². The van der Waals surface area contributed by atoms with Crippen LogP contribution in [0.1, 0.15) is 0 Å². The van der Waals surface area contributed by atoms with Crippen LogP contribution in [0, 0.1) is 12.3 Å². The van der Waals surface area contributed by atoms with Gasteiger partial charge in [-0.1, -0.05) is 11.1 Å². The summed E-state index contributed by atoms with van der Waals surface area (Å²) in [6.45, 7) is 0.226. The average Bonchev–Trinajstić information content (AvgIpc) is 3.16. The van der Waals surface area contributed by atoms with Crippen LogP contribution in [0.4, 0.5) is 0 Å². The Kier molecular flexibility index (Phi) is 4.86. The van der Waals surface area contributed by atoms with Crippen molar-refractivity contribution in [1.29, 1.82) is 0 Å². The first-order chi connectivity index (χ1) is 12.2. The van der Waals surface area contributed by atoms with Gasteiger partial charge in [0.25, 0.3) is 5.89 Å². The molecule has 0 aliphatic carbocycles. The Hall–Kier alpha value is -3.46. The third kappa shape index (κ3) is 3.56. The van der Waals surface area contributed by atoms with Gasteiger partial charge in [-0.3, -0.25) is 0 Å². The quantitative estimate of drug-likeness (QED) is 0.643. The van der Waals surface area contributed by atoms with Crippen molar-refractivity contribution in [3.63, 3.8) is 0 Å². The minimum absolute atomic E-state index is 0.226. The van der Waals surface area contributed by atoms with Crippen molar-refractivity contribution in [2.24, 2.45) is 0 Å². The maximum atomic E-state index is 5.35. The maximum Gasteiger partial charge on any atom is 0.258 e. The number of methoxy groups -OCH3 is 2. The minimum Gasteiger partial charge on any atom is -0.493 e. The smallest absolute Gasteiger partial charge is 0.258 e. The highest BCUT2D eigenvalue weighted by Crippen LogP contribution is 2.32. The molecule has 0 fully saturated rings. The Labute approximate surface area is 145 Å². The molecule has 6 heteroatoms. The first-order valence-corrected chi connectivity index (χ1v) is 7.48. The van der Waals surface area contributed by atoms with Crippen LogP contribution in [-0.4, -0.2) is 31.0 Å². The number of terminal acetylenes is 1. The lowest BCUT2D eigenvalue weighted by molar-refractivity contribution is 0.355. The van der Waals surface area contributed by atoms with Crippen molar-refractivity contribution in [2.75, 3.05) is 20.8 Å². The Balaban J connectivity index is 1.84. The second-order valence-electron chi connectivity index (χ2n) is 5.01. The zero-order valence-electron chi connectivity index (χ0n) is 13.9. The van der Waals surface area contributed by atoms with E-state index in [-0.39, 0.29) is 6.61 Å². The van der Waals surface area contributed by atoms with Gasteiger partial charge in [0.2, 0.25) is 5.82 Å². The van der Waals surface area contributed by atoms with Gasteiger partial charge in [0, 0.05) is 11.1 Å². The fraction of sp³-hybridized carbons (Fsp3) is 0.158. The molecule has 1 heterocycles. The number of hydrogen-bond donors (Lipinski definition) is 0. The summed E-state index contributed by atoms with van der Waals surface area (Å²) in [4.78, 5) is 4.43. The summed E-state index contributed by atoms with van der Waals surface area (Å²) in [5, 5.41) is 4.03. The monoisotopic (exact) mass is 336 g/mol. The van der Waals surface area contributed by atoms with Gasteiger partial charge in [-0.2, -0.15) is 4.98 Å². The highest BCUT2D eigenvalue weighted by atomic mass is 16.5. The zero-order chi connectivity index (χ0) is 17.6. The molecular formula is C19H16N2O4. The van der Waals surface area contributed by atoms with E-state index in [9.17, 15) is 0 Å². The summed E-state index contributed by atoms with van der Waals surface area (Å²) in [6.07, 6.45) is 5.17. The van der Waals surface area contributed by atoms with Crippen LogP contribution < -0.4 is 14.2 Å². The highest BCUT2D eigenvalue weighted by molar-refractivity contribution is 5.63. The molecule has 1 aromatic heterocycles. The third-order valence-electron chi connectivity index (χ3n) is 3.49. The van der Waals surface area contributed by atoms with E-state index in [0.29, 0.717) is 29.0 Å². The van der Waals surface area contributed by atoms with E-state index in [1.807, 2.05) is 18.2 Å². The molecule has 0 bridgehead atoms. The van der Waals surface area contributed by atoms with E-state index in [1.165, 1.54) is 0 Å². The van der Waals surface area contributed by atoms with E-state index < -0.39 is 0 Å². The van der Waals surface area contributed by atoms with Crippen molar-refractivity contribution in [3.05, 3.63) is 42.5 Å². The van der Waals surface area contributed by atoms with E-state index in [2.05, 4.69) is 16.1 Å². The number of hydrogen-bond acceptors (Lipinski definition) is 6. The van der Waals surface area contributed by atoms with Crippen molar-refractivity contribution >= 4 is 0 Å². The van der Waals surface area contributed by atoms with Crippen LogP contribution in [0.25, 0.3) is 22.8 Å². The van der Waals surface area contributed by atoms with Crippen LogP contribution in [0.15, 0.2) is 47.0 Å². The number of aromatic nitrogens is 2. The SMILES string of the molecule is C#CCOc1ccc(-c2nc(-c3ccc(OC)c(OC)c3)no2)cc1. The van der Waals surface area contributed by atoms with Crippen LogP contribution in [0.3, 0.4) is 0 Å². The Morgan fingerprint density at radius 3 is 2.40 bits per heavy atom. The molecule has 0 unspecified atom stereocenters. The summed E-state index contributed by atoms with van der Waals surface area (Å²) in [5.41, 5.74) is 1.55. The van der Waals surface area contributed by atoms with Crippen molar-refractivity contribution < 1.29 is 18.7 Å². The molecule has 0 atom stereocenters. The molecule has 3 rings (SSSR count). The lowest BCUT2D eigenvalue weighted by Crippen LogP contribution is -1.92. The first-order valence-electron chi connectivity index (χ1n) is 7.48. The van der Waals surface area contributed by atoms with Gasteiger partial charge in [0.15, 0.2) is 11.5 Å². The molecule has 0 spiro atoms. The summed E-state index contributed by atoms with van der Waals surface area (Å²) in [6, 6.07) is 12.7. The fourth-order valence-corrected chi connectivity index (χ4v) is 2.25. The molecule has 0 N–H and O–H groups in total. The fourth-order valence-electron chi connectivity index (χ4n) is 2.25. The van der Waals surface area contributed by atoms with Gasteiger partial charge in [0.05, 0.1) is 14.2 Å². The molecule has 0 aliphatic heterocycles. The molecule has 0 saturated carbocycles. The molecular weight excluding hydrogens is 320 g/mol. The lowest BCUT2D eigenvalue weighted by Gasteiger charge is -2.07. The third-order valence-corrected chi connectivity index (χ3v) is 3.49. The van der Waals surface area contributed by atoms with E-state index in [4.69, 9.17) is 25.2 Å². The molecule has 126 valence electrons. The lowest BCUT2D eigenvalue weighted by atomic mass is 10.2. The summed E-state index contributed by atoms with van der Waals surface area (Å²) in [7, 11) is 3.16. The summed E-state index contributed by atoms with van der Waals surface area (Å²) >= 11 is 0. The minimum atomic E-state index is 0.226. The maximum absolute atomic E-state index is 5.35. The molecule has 0 aliphatic rings.